The van der Waals surface area contributed by atoms with E-state index in [1.165, 1.54) is 17.1 Å². The van der Waals surface area contributed by atoms with Crippen LogP contribution in [0.15, 0.2) is 0 Å². The maximum absolute atomic E-state index is 4.64. The average molecular weight is 296 g/mol. The minimum atomic E-state index is 0.319. The highest BCUT2D eigenvalue weighted by molar-refractivity contribution is 8.00. The molecule has 1 aliphatic heterocycles. The van der Waals surface area contributed by atoms with E-state index in [-0.39, 0.29) is 0 Å². The van der Waals surface area contributed by atoms with Crippen LogP contribution in [0.25, 0.3) is 0 Å². The zero-order valence-corrected chi connectivity index (χ0v) is 14.5. The third kappa shape index (κ3) is 3.50. The molecule has 0 bridgehead atoms. The molecule has 20 heavy (non-hydrogen) atoms. The Morgan fingerprint density at radius 3 is 2.70 bits per heavy atom. The van der Waals surface area contributed by atoms with E-state index in [1.54, 1.807) is 0 Å². The van der Waals surface area contributed by atoms with Gasteiger partial charge < -0.3 is 10.2 Å². The number of thioether (sulfide) groups is 1. The Morgan fingerprint density at radius 2 is 2.10 bits per heavy atom. The first kappa shape index (κ1) is 15.7. The van der Waals surface area contributed by atoms with Crippen molar-refractivity contribution in [3.63, 3.8) is 0 Å². The van der Waals surface area contributed by atoms with Crippen LogP contribution in [0.5, 0.6) is 0 Å². The Labute approximate surface area is 127 Å². The van der Waals surface area contributed by atoms with Crippen LogP contribution in [0.4, 0.5) is 5.82 Å². The average Bonchev–Trinajstić information content (AvgIpc) is 2.59. The topological polar surface area (TPSA) is 33.1 Å². The molecule has 5 heteroatoms. The fourth-order valence-corrected chi connectivity index (χ4v) is 3.91. The Bertz CT molecular complexity index is 465. The second kappa shape index (κ2) is 5.98. The summed E-state index contributed by atoms with van der Waals surface area (Å²) >= 11 is 2.07. The summed E-state index contributed by atoms with van der Waals surface area (Å²) in [6.45, 7) is 14.3. The predicted octanol–water partition coefficient (Wildman–Crippen LogP) is 2.56. The van der Waals surface area contributed by atoms with Gasteiger partial charge in [-0.15, -0.1) is 0 Å². The third-order valence-electron chi connectivity index (χ3n) is 3.73. The van der Waals surface area contributed by atoms with Gasteiger partial charge in [0.25, 0.3) is 0 Å². The molecule has 1 saturated heterocycles. The fourth-order valence-electron chi connectivity index (χ4n) is 2.80. The predicted molar refractivity (Wildman–Crippen MR) is 88.7 cm³/mol. The molecule has 0 atom stereocenters. The SMILES string of the molecule is Cc1nn(C)c(N2CCSC(C)(C)C2)c1CNC(C)C. The van der Waals surface area contributed by atoms with Gasteiger partial charge in [-0.2, -0.15) is 16.9 Å². The zero-order chi connectivity index (χ0) is 14.9. The molecule has 0 spiro atoms. The summed E-state index contributed by atoms with van der Waals surface area (Å²) in [5.41, 5.74) is 2.50. The van der Waals surface area contributed by atoms with Crippen molar-refractivity contribution in [2.24, 2.45) is 7.05 Å². The van der Waals surface area contributed by atoms with Gasteiger partial charge in [-0.25, -0.2) is 0 Å². The molecule has 0 amide bonds. The number of nitrogens with one attached hydrogen (secondary N) is 1. The van der Waals surface area contributed by atoms with Gasteiger partial charge in [-0.05, 0) is 20.8 Å². The van der Waals surface area contributed by atoms with Gasteiger partial charge in [0.15, 0.2) is 0 Å². The minimum absolute atomic E-state index is 0.319. The standard InChI is InChI=1S/C15H28N4S/c1-11(2)16-9-13-12(3)17-18(6)14(13)19-7-8-20-15(4,5)10-19/h11,16H,7-10H2,1-6H3. The molecule has 1 N–H and O–H groups in total. The summed E-state index contributed by atoms with van der Waals surface area (Å²) < 4.78 is 2.37. The number of hydrogen-bond donors (Lipinski definition) is 1. The van der Waals surface area contributed by atoms with Crippen molar-refractivity contribution < 1.29 is 0 Å². The van der Waals surface area contributed by atoms with Gasteiger partial charge >= 0.3 is 0 Å². The van der Waals surface area contributed by atoms with Gasteiger partial charge in [-0.3, -0.25) is 4.68 Å². The molecular weight excluding hydrogens is 268 g/mol. The van der Waals surface area contributed by atoms with E-state index >= 15 is 0 Å². The van der Waals surface area contributed by atoms with Gasteiger partial charge in [0, 0.05) is 48.8 Å². The number of anilines is 1. The quantitative estimate of drug-likeness (QED) is 0.926. The second-order valence-electron chi connectivity index (χ2n) is 6.58. The highest BCUT2D eigenvalue weighted by Crippen LogP contribution is 2.34. The molecule has 1 aliphatic rings. The molecule has 0 aliphatic carbocycles. The normalized spacial score (nSPS) is 18.9. The first-order valence-electron chi connectivity index (χ1n) is 7.45. The zero-order valence-electron chi connectivity index (χ0n) is 13.7. The van der Waals surface area contributed by atoms with Crippen LogP contribution < -0.4 is 10.2 Å². The Kier molecular flexibility index (Phi) is 4.69. The van der Waals surface area contributed by atoms with E-state index in [4.69, 9.17) is 0 Å². The molecule has 1 aromatic heterocycles. The van der Waals surface area contributed by atoms with Crippen molar-refractivity contribution >= 4 is 17.6 Å². The van der Waals surface area contributed by atoms with E-state index in [1.807, 2.05) is 0 Å². The highest BCUT2D eigenvalue weighted by Gasteiger charge is 2.30. The van der Waals surface area contributed by atoms with Crippen LogP contribution in [0.1, 0.15) is 39.0 Å². The molecule has 0 aromatic carbocycles. The van der Waals surface area contributed by atoms with Crippen LogP contribution in [-0.4, -0.2) is 39.4 Å². The van der Waals surface area contributed by atoms with Crippen molar-refractivity contribution in [3.8, 4) is 0 Å². The minimum Gasteiger partial charge on any atom is -0.354 e. The third-order valence-corrected chi connectivity index (χ3v) is 5.02. The summed E-state index contributed by atoms with van der Waals surface area (Å²) in [6.07, 6.45) is 0. The molecular formula is C15H28N4S. The summed E-state index contributed by atoms with van der Waals surface area (Å²) in [6, 6.07) is 0.496. The van der Waals surface area contributed by atoms with E-state index in [0.29, 0.717) is 10.8 Å². The van der Waals surface area contributed by atoms with Crippen molar-refractivity contribution in [1.82, 2.24) is 15.1 Å². The first-order valence-corrected chi connectivity index (χ1v) is 8.43. The summed E-state index contributed by atoms with van der Waals surface area (Å²) in [5, 5.41) is 8.17. The lowest BCUT2D eigenvalue weighted by Gasteiger charge is -2.39. The lowest BCUT2D eigenvalue weighted by Crippen LogP contribution is -2.44. The van der Waals surface area contributed by atoms with Crippen LogP contribution in [-0.2, 0) is 13.6 Å². The van der Waals surface area contributed by atoms with E-state index < -0.39 is 0 Å². The molecule has 0 radical (unpaired) electrons. The highest BCUT2D eigenvalue weighted by atomic mass is 32.2. The van der Waals surface area contributed by atoms with Gasteiger partial charge in [0.1, 0.15) is 5.82 Å². The van der Waals surface area contributed by atoms with Crippen LogP contribution in [0, 0.1) is 6.92 Å². The van der Waals surface area contributed by atoms with E-state index in [9.17, 15) is 0 Å². The second-order valence-corrected chi connectivity index (χ2v) is 8.38. The van der Waals surface area contributed by atoms with E-state index in [0.717, 1.165) is 25.3 Å². The fraction of sp³-hybridized carbons (Fsp3) is 0.800. The molecule has 1 aromatic rings. The summed E-state index contributed by atoms with van der Waals surface area (Å²) in [7, 11) is 2.07. The maximum Gasteiger partial charge on any atom is 0.131 e. The number of aryl methyl sites for hydroxylation is 2. The van der Waals surface area contributed by atoms with Crippen LogP contribution >= 0.6 is 11.8 Å². The van der Waals surface area contributed by atoms with Crippen molar-refractivity contribution in [2.75, 3.05) is 23.7 Å². The van der Waals surface area contributed by atoms with Crippen LogP contribution in [0.3, 0.4) is 0 Å². The molecule has 1 fully saturated rings. The summed E-state index contributed by atoms with van der Waals surface area (Å²) in [5.74, 6) is 2.48. The molecule has 4 nitrogen and oxygen atoms in total. The first-order chi connectivity index (χ1) is 9.30. The van der Waals surface area contributed by atoms with Gasteiger partial charge in [0.05, 0.1) is 5.69 Å². The molecule has 2 heterocycles. The molecule has 2 rings (SSSR count). The molecule has 114 valence electrons. The Hall–Kier alpha value is -0.680. The Morgan fingerprint density at radius 1 is 1.40 bits per heavy atom. The van der Waals surface area contributed by atoms with E-state index in [2.05, 4.69) is 73.4 Å². The smallest absolute Gasteiger partial charge is 0.131 e. The maximum atomic E-state index is 4.64. The number of rotatable bonds is 4. The van der Waals surface area contributed by atoms with Gasteiger partial charge in [-0.1, -0.05) is 13.8 Å². The lowest BCUT2D eigenvalue weighted by molar-refractivity contribution is 0.581. The Balaban J connectivity index is 2.25. The lowest BCUT2D eigenvalue weighted by atomic mass is 10.1. The summed E-state index contributed by atoms with van der Waals surface area (Å²) in [4.78, 5) is 2.51. The number of aromatic nitrogens is 2. The van der Waals surface area contributed by atoms with Crippen molar-refractivity contribution in [1.29, 1.82) is 0 Å². The van der Waals surface area contributed by atoms with Crippen molar-refractivity contribution in [2.45, 2.75) is 52.0 Å². The molecule has 0 unspecified atom stereocenters. The number of hydrogen-bond acceptors (Lipinski definition) is 4. The van der Waals surface area contributed by atoms with Crippen LogP contribution in [0.2, 0.25) is 0 Å². The monoisotopic (exact) mass is 296 g/mol. The largest absolute Gasteiger partial charge is 0.354 e. The molecule has 0 saturated carbocycles. The van der Waals surface area contributed by atoms with Crippen molar-refractivity contribution in [3.05, 3.63) is 11.3 Å². The van der Waals surface area contributed by atoms with Gasteiger partial charge in [0.2, 0.25) is 0 Å². The number of nitrogens with zero attached hydrogens (tertiary/aromatic N) is 3.